The van der Waals surface area contributed by atoms with Crippen molar-refractivity contribution in [2.75, 3.05) is 33.8 Å². The Bertz CT molecular complexity index is 1120. The van der Waals surface area contributed by atoms with Gasteiger partial charge in [0.2, 0.25) is 11.7 Å². The highest BCUT2D eigenvalue weighted by atomic mass is 16.5. The molecule has 7 heteroatoms. The second kappa shape index (κ2) is 11.0. The molecule has 1 amide bonds. The van der Waals surface area contributed by atoms with Gasteiger partial charge in [-0.1, -0.05) is 42.5 Å². The highest BCUT2D eigenvalue weighted by molar-refractivity contribution is 5.96. The van der Waals surface area contributed by atoms with Gasteiger partial charge in [0.1, 0.15) is 0 Å². The van der Waals surface area contributed by atoms with E-state index in [1.54, 1.807) is 12.1 Å². The summed E-state index contributed by atoms with van der Waals surface area (Å²) < 4.78 is 20.8. The third kappa shape index (κ3) is 5.83. The maximum absolute atomic E-state index is 12.9. The van der Waals surface area contributed by atoms with Crippen molar-refractivity contribution in [3.8, 4) is 28.4 Å². The summed E-state index contributed by atoms with van der Waals surface area (Å²) in [5.74, 6) is 0.952. The molecule has 7 nitrogen and oxygen atoms in total. The average Bonchev–Trinajstić information content (AvgIpc) is 2.83. The van der Waals surface area contributed by atoms with Crippen molar-refractivity contribution < 1.29 is 28.5 Å². The van der Waals surface area contributed by atoms with Crippen LogP contribution in [0.25, 0.3) is 11.1 Å². The van der Waals surface area contributed by atoms with E-state index >= 15 is 0 Å². The second-order valence-electron chi connectivity index (χ2n) is 7.26. The first kappa shape index (κ1) is 23.7. The molecule has 0 fully saturated rings. The van der Waals surface area contributed by atoms with Gasteiger partial charge in [0.15, 0.2) is 11.5 Å². The Hall–Kier alpha value is -4.00. The van der Waals surface area contributed by atoms with E-state index in [-0.39, 0.29) is 24.7 Å². The van der Waals surface area contributed by atoms with Crippen molar-refractivity contribution in [1.29, 1.82) is 0 Å². The van der Waals surface area contributed by atoms with Crippen molar-refractivity contribution in [3.63, 3.8) is 0 Å². The summed E-state index contributed by atoms with van der Waals surface area (Å²) in [6.07, 6.45) is 0.299. The topological polar surface area (TPSA) is 83.1 Å². The number of anilines is 1. The normalized spacial score (nSPS) is 10.3. The van der Waals surface area contributed by atoms with Gasteiger partial charge in [-0.15, -0.1) is 0 Å². The first-order valence-corrected chi connectivity index (χ1v) is 10.3. The molecule has 0 spiro atoms. The molecule has 0 heterocycles. The Labute approximate surface area is 193 Å². The van der Waals surface area contributed by atoms with Gasteiger partial charge in [0.25, 0.3) is 0 Å². The number of para-hydroxylation sites is 1. The molecule has 0 saturated carbocycles. The minimum atomic E-state index is -0.306. The molecule has 3 aromatic carbocycles. The Kier molecular flexibility index (Phi) is 7.91. The highest BCUT2D eigenvalue weighted by Crippen LogP contribution is 2.38. The first-order chi connectivity index (χ1) is 16.0. The molecule has 0 aliphatic carbocycles. The summed E-state index contributed by atoms with van der Waals surface area (Å²) in [4.78, 5) is 24.5. The molecule has 172 valence electrons. The number of rotatable bonds is 9. The smallest absolute Gasteiger partial charge is 0.309 e. The average molecular weight is 450 g/mol. The predicted molar refractivity (Wildman–Crippen MR) is 126 cm³/mol. The lowest BCUT2D eigenvalue weighted by molar-refractivity contribution is -0.139. The standard InChI is InChI=1S/C26H27NO6/c1-30-22-13-18(14-23(31-2)26(22)33-4)15-24(28)27-21-11-6-5-10-20(21)19-9-7-8-17(12-19)16-25(29)32-3/h5-14H,15-16H2,1-4H3,(H,27,28). The second-order valence-corrected chi connectivity index (χ2v) is 7.26. The van der Waals surface area contributed by atoms with E-state index in [4.69, 9.17) is 18.9 Å². The van der Waals surface area contributed by atoms with E-state index < -0.39 is 0 Å². The molecule has 0 radical (unpaired) electrons. The van der Waals surface area contributed by atoms with Gasteiger partial charge in [-0.2, -0.15) is 0 Å². The molecular weight excluding hydrogens is 422 g/mol. The molecule has 0 saturated heterocycles. The number of amides is 1. The van der Waals surface area contributed by atoms with Crippen LogP contribution in [0.15, 0.2) is 60.7 Å². The fourth-order valence-corrected chi connectivity index (χ4v) is 3.55. The number of ether oxygens (including phenoxy) is 4. The van der Waals surface area contributed by atoms with Crippen LogP contribution in [0.3, 0.4) is 0 Å². The van der Waals surface area contributed by atoms with Crippen LogP contribution in [0.1, 0.15) is 11.1 Å². The minimum Gasteiger partial charge on any atom is -0.493 e. The van der Waals surface area contributed by atoms with Crippen molar-refractivity contribution in [2.45, 2.75) is 12.8 Å². The lowest BCUT2D eigenvalue weighted by Gasteiger charge is -2.15. The van der Waals surface area contributed by atoms with Gasteiger partial charge in [-0.05, 0) is 34.9 Å². The maximum Gasteiger partial charge on any atom is 0.309 e. The van der Waals surface area contributed by atoms with Crippen LogP contribution in [-0.4, -0.2) is 40.3 Å². The first-order valence-electron chi connectivity index (χ1n) is 10.3. The largest absolute Gasteiger partial charge is 0.493 e. The zero-order chi connectivity index (χ0) is 23.8. The van der Waals surface area contributed by atoms with E-state index in [2.05, 4.69) is 5.32 Å². The Balaban J connectivity index is 1.83. The zero-order valence-corrected chi connectivity index (χ0v) is 19.1. The van der Waals surface area contributed by atoms with Crippen molar-refractivity contribution in [1.82, 2.24) is 0 Å². The number of methoxy groups -OCH3 is 4. The molecule has 0 aromatic heterocycles. The summed E-state index contributed by atoms with van der Waals surface area (Å²) in [7, 11) is 5.96. The van der Waals surface area contributed by atoms with Crippen molar-refractivity contribution in [3.05, 3.63) is 71.8 Å². The van der Waals surface area contributed by atoms with E-state index in [1.807, 2.05) is 48.5 Å². The number of hydrogen-bond donors (Lipinski definition) is 1. The number of nitrogens with one attached hydrogen (secondary N) is 1. The molecule has 0 atom stereocenters. The maximum atomic E-state index is 12.9. The number of hydrogen-bond acceptors (Lipinski definition) is 6. The highest BCUT2D eigenvalue weighted by Gasteiger charge is 2.16. The molecule has 33 heavy (non-hydrogen) atoms. The van der Waals surface area contributed by atoms with Gasteiger partial charge in [0, 0.05) is 11.3 Å². The zero-order valence-electron chi connectivity index (χ0n) is 19.1. The van der Waals surface area contributed by atoms with Crippen LogP contribution in [0.5, 0.6) is 17.2 Å². The Morgan fingerprint density at radius 3 is 2.09 bits per heavy atom. The molecular formula is C26H27NO6. The Morgan fingerprint density at radius 2 is 1.45 bits per heavy atom. The number of benzene rings is 3. The summed E-state index contributed by atoms with van der Waals surface area (Å²) in [5, 5.41) is 2.99. The third-order valence-corrected chi connectivity index (χ3v) is 5.10. The fourth-order valence-electron chi connectivity index (χ4n) is 3.55. The van der Waals surface area contributed by atoms with Crippen LogP contribution in [-0.2, 0) is 27.2 Å². The summed E-state index contributed by atoms with van der Waals surface area (Å²) in [6.45, 7) is 0. The lowest BCUT2D eigenvalue weighted by atomic mass is 10.00. The molecule has 3 aromatic rings. The SMILES string of the molecule is COC(=O)Cc1cccc(-c2ccccc2NC(=O)Cc2cc(OC)c(OC)c(OC)c2)c1. The molecule has 3 rings (SSSR count). The molecule has 0 aliphatic heterocycles. The van der Waals surface area contributed by atoms with Crippen LogP contribution in [0.2, 0.25) is 0 Å². The summed E-state index contributed by atoms with van der Waals surface area (Å²) in [6, 6.07) is 18.6. The Morgan fingerprint density at radius 1 is 0.758 bits per heavy atom. The van der Waals surface area contributed by atoms with E-state index in [9.17, 15) is 9.59 Å². The minimum absolute atomic E-state index is 0.118. The third-order valence-electron chi connectivity index (χ3n) is 5.10. The van der Waals surface area contributed by atoms with Crippen LogP contribution >= 0.6 is 0 Å². The summed E-state index contributed by atoms with van der Waals surface area (Å²) in [5.41, 5.74) is 3.96. The molecule has 0 aliphatic rings. The van der Waals surface area contributed by atoms with Crippen LogP contribution in [0.4, 0.5) is 5.69 Å². The quantitative estimate of drug-likeness (QED) is 0.491. The number of carbonyl (C=O) groups is 2. The van der Waals surface area contributed by atoms with Gasteiger partial charge in [-0.25, -0.2) is 0 Å². The monoisotopic (exact) mass is 449 g/mol. The lowest BCUT2D eigenvalue weighted by Crippen LogP contribution is -2.15. The van der Waals surface area contributed by atoms with Gasteiger partial charge >= 0.3 is 5.97 Å². The summed E-state index contributed by atoms with van der Waals surface area (Å²) >= 11 is 0. The predicted octanol–water partition coefficient (Wildman–Crippen LogP) is 4.28. The van der Waals surface area contributed by atoms with Crippen LogP contribution < -0.4 is 19.5 Å². The van der Waals surface area contributed by atoms with Crippen molar-refractivity contribution in [2.24, 2.45) is 0 Å². The molecule has 0 unspecified atom stereocenters. The number of carbonyl (C=O) groups excluding carboxylic acids is 2. The van der Waals surface area contributed by atoms with Gasteiger partial charge in [0.05, 0.1) is 41.3 Å². The van der Waals surface area contributed by atoms with Crippen molar-refractivity contribution >= 4 is 17.6 Å². The van der Waals surface area contributed by atoms with E-state index in [0.29, 0.717) is 22.9 Å². The van der Waals surface area contributed by atoms with E-state index in [1.165, 1.54) is 28.4 Å². The number of esters is 1. The fraction of sp³-hybridized carbons (Fsp3) is 0.231. The van der Waals surface area contributed by atoms with Gasteiger partial charge in [-0.3, -0.25) is 9.59 Å². The van der Waals surface area contributed by atoms with Crippen LogP contribution in [0, 0.1) is 0 Å². The van der Waals surface area contributed by atoms with Gasteiger partial charge < -0.3 is 24.3 Å². The van der Waals surface area contributed by atoms with E-state index in [0.717, 1.165) is 22.3 Å². The molecule has 1 N–H and O–H groups in total. The molecule has 0 bridgehead atoms.